The standard InChI is InChI=1S/C13H10N2S/c1-2-5-10(6-3-1)15-11-7-4-8-12-13(11)14-9-16-12/h1-9,15H. The molecule has 0 aliphatic heterocycles. The summed E-state index contributed by atoms with van der Waals surface area (Å²) in [5, 5.41) is 3.38. The molecular formula is C13H10N2S. The highest BCUT2D eigenvalue weighted by Crippen LogP contribution is 2.27. The number of rotatable bonds is 2. The Morgan fingerprint density at radius 3 is 2.69 bits per heavy atom. The molecule has 0 radical (unpaired) electrons. The SMILES string of the molecule is c1ccc(Nc2cccc3scnc23)cc1. The largest absolute Gasteiger partial charge is 0.354 e. The highest BCUT2D eigenvalue weighted by Gasteiger charge is 2.02. The van der Waals surface area contributed by atoms with Gasteiger partial charge in [0.05, 0.1) is 15.9 Å². The summed E-state index contributed by atoms with van der Waals surface area (Å²) < 4.78 is 1.21. The van der Waals surface area contributed by atoms with E-state index in [9.17, 15) is 0 Å². The van der Waals surface area contributed by atoms with Gasteiger partial charge in [0.25, 0.3) is 0 Å². The summed E-state index contributed by atoms with van der Waals surface area (Å²) in [5.74, 6) is 0. The van der Waals surface area contributed by atoms with E-state index in [1.165, 1.54) is 4.70 Å². The zero-order valence-electron chi connectivity index (χ0n) is 8.55. The van der Waals surface area contributed by atoms with Gasteiger partial charge in [-0.1, -0.05) is 24.3 Å². The lowest BCUT2D eigenvalue weighted by Gasteiger charge is -2.06. The van der Waals surface area contributed by atoms with E-state index in [0.717, 1.165) is 16.9 Å². The Morgan fingerprint density at radius 2 is 1.81 bits per heavy atom. The molecular weight excluding hydrogens is 216 g/mol. The molecule has 3 heteroatoms. The van der Waals surface area contributed by atoms with Gasteiger partial charge in [-0.15, -0.1) is 11.3 Å². The molecule has 0 atom stereocenters. The van der Waals surface area contributed by atoms with Crippen molar-refractivity contribution in [2.24, 2.45) is 0 Å². The fourth-order valence-electron chi connectivity index (χ4n) is 1.66. The van der Waals surface area contributed by atoms with Gasteiger partial charge < -0.3 is 5.32 Å². The van der Waals surface area contributed by atoms with E-state index in [2.05, 4.69) is 22.4 Å². The summed E-state index contributed by atoms with van der Waals surface area (Å²) in [6, 6.07) is 16.3. The minimum absolute atomic E-state index is 1.04. The summed E-state index contributed by atoms with van der Waals surface area (Å²) in [6.07, 6.45) is 0. The lowest BCUT2D eigenvalue weighted by Crippen LogP contribution is -1.90. The second-order valence-corrected chi connectivity index (χ2v) is 4.38. The minimum Gasteiger partial charge on any atom is -0.354 e. The molecule has 1 aromatic heterocycles. The van der Waals surface area contributed by atoms with Gasteiger partial charge in [0.2, 0.25) is 0 Å². The number of anilines is 2. The third-order valence-corrected chi connectivity index (χ3v) is 3.21. The number of nitrogens with zero attached hydrogens (tertiary/aromatic N) is 1. The molecule has 3 aromatic rings. The molecule has 0 spiro atoms. The van der Waals surface area contributed by atoms with Crippen molar-refractivity contribution in [2.75, 3.05) is 5.32 Å². The molecule has 2 nitrogen and oxygen atoms in total. The molecule has 78 valence electrons. The van der Waals surface area contributed by atoms with Crippen molar-refractivity contribution in [1.82, 2.24) is 4.98 Å². The highest BCUT2D eigenvalue weighted by molar-refractivity contribution is 7.16. The topological polar surface area (TPSA) is 24.9 Å². The second kappa shape index (κ2) is 3.94. The molecule has 0 aliphatic carbocycles. The van der Waals surface area contributed by atoms with Crippen molar-refractivity contribution in [1.29, 1.82) is 0 Å². The van der Waals surface area contributed by atoms with Crippen LogP contribution in [0, 0.1) is 0 Å². The first-order valence-electron chi connectivity index (χ1n) is 5.08. The fourth-order valence-corrected chi connectivity index (χ4v) is 2.37. The van der Waals surface area contributed by atoms with Gasteiger partial charge in [-0.25, -0.2) is 4.98 Å². The first kappa shape index (κ1) is 9.36. The molecule has 0 saturated heterocycles. The van der Waals surface area contributed by atoms with Gasteiger partial charge in [0, 0.05) is 5.69 Å². The predicted octanol–water partition coefficient (Wildman–Crippen LogP) is 4.04. The van der Waals surface area contributed by atoms with Crippen LogP contribution in [0.5, 0.6) is 0 Å². The molecule has 1 heterocycles. The van der Waals surface area contributed by atoms with Gasteiger partial charge in [0.1, 0.15) is 5.52 Å². The van der Waals surface area contributed by atoms with Crippen LogP contribution in [-0.4, -0.2) is 4.98 Å². The normalized spacial score (nSPS) is 10.5. The van der Waals surface area contributed by atoms with Crippen LogP contribution in [0.4, 0.5) is 11.4 Å². The Hall–Kier alpha value is -1.87. The van der Waals surface area contributed by atoms with Crippen LogP contribution in [-0.2, 0) is 0 Å². The molecule has 2 aromatic carbocycles. The minimum atomic E-state index is 1.04. The molecule has 3 rings (SSSR count). The smallest absolute Gasteiger partial charge is 0.105 e. The van der Waals surface area contributed by atoms with E-state index in [4.69, 9.17) is 0 Å². The second-order valence-electron chi connectivity index (χ2n) is 3.50. The molecule has 0 aliphatic rings. The summed E-state index contributed by atoms with van der Waals surface area (Å²) in [7, 11) is 0. The van der Waals surface area contributed by atoms with Crippen molar-refractivity contribution < 1.29 is 0 Å². The number of thiazole rings is 1. The molecule has 1 N–H and O–H groups in total. The summed E-state index contributed by atoms with van der Waals surface area (Å²) in [5.41, 5.74) is 5.06. The van der Waals surface area contributed by atoms with Crippen molar-refractivity contribution in [3.8, 4) is 0 Å². The Kier molecular flexibility index (Phi) is 2.31. The van der Waals surface area contributed by atoms with Gasteiger partial charge in [-0.05, 0) is 24.3 Å². The maximum absolute atomic E-state index is 4.37. The van der Waals surface area contributed by atoms with Gasteiger partial charge in [-0.2, -0.15) is 0 Å². The predicted molar refractivity (Wildman–Crippen MR) is 69.3 cm³/mol. The molecule has 0 amide bonds. The van der Waals surface area contributed by atoms with Gasteiger partial charge in [-0.3, -0.25) is 0 Å². The summed E-state index contributed by atoms with van der Waals surface area (Å²) in [4.78, 5) is 4.37. The molecule has 0 unspecified atom stereocenters. The fraction of sp³-hybridized carbons (Fsp3) is 0. The molecule has 0 fully saturated rings. The molecule has 16 heavy (non-hydrogen) atoms. The molecule has 0 saturated carbocycles. The average Bonchev–Trinajstić information content (AvgIpc) is 2.80. The van der Waals surface area contributed by atoms with E-state index in [1.807, 2.05) is 41.9 Å². The first-order chi connectivity index (χ1) is 7.93. The van der Waals surface area contributed by atoms with Crippen LogP contribution in [0.3, 0.4) is 0 Å². The van der Waals surface area contributed by atoms with Crippen LogP contribution in [0.1, 0.15) is 0 Å². The van der Waals surface area contributed by atoms with Crippen molar-refractivity contribution in [3.05, 3.63) is 54.0 Å². The summed E-state index contributed by atoms with van der Waals surface area (Å²) >= 11 is 1.66. The van der Waals surface area contributed by atoms with Crippen LogP contribution >= 0.6 is 11.3 Å². The Morgan fingerprint density at radius 1 is 0.938 bits per heavy atom. The zero-order chi connectivity index (χ0) is 10.8. The third kappa shape index (κ3) is 1.66. The molecule has 0 bridgehead atoms. The van der Waals surface area contributed by atoms with E-state index in [1.54, 1.807) is 11.3 Å². The van der Waals surface area contributed by atoms with Crippen LogP contribution in [0.25, 0.3) is 10.2 Å². The Balaban J connectivity index is 2.04. The van der Waals surface area contributed by atoms with E-state index >= 15 is 0 Å². The van der Waals surface area contributed by atoms with Crippen molar-refractivity contribution in [2.45, 2.75) is 0 Å². The number of hydrogen-bond acceptors (Lipinski definition) is 3. The lowest BCUT2D eigenvalue weighted by atomic mass is 10.2. The third-order valence-electron chi connectivity index (χ3n) is 2.41. The number of hydrogen-bond donors (Lipinski definition) is 1. The Bertz CT molecular complexity index is 601. The lowest BCUT2D eigenvalue weighted by molar-refractivity contribution is 1.48. The van der Waals surface area contributed by atoms with Crippen molar-refractivity contribution in [3.63, 3.8) is 0 Å². The summed E-state index contributed by atoms with van der Waals surface area (Å²) in [6.45, 7) is 0. The van der Waals surface area contributed by atoms with E-state index in [0.29, 0.717) is 0 Å². The maximum Gasteiger partial charge on any atom is 0.105 e. The van der Waals surface area contributed by atoms with Crippen LogP contribution in [0.2, 0.25) is 0 Å². The monoisotopic (exact) mass is 226 g/mol. The van der Waals surface area contributed by atoms with Crippen molar-refractivity contribution >= 4 is 32.9 Å². The van der Waals surface area contributed by atoms with Gasteiger partial charge >= 0.3 is 0 Å². The maximum atomic E-state index is 4.37. The Labute approximate surface area is 97.6 Å². The number of benzene rings is 2. The number of nitrogens with one attached hydrogen (secondary N) is 1. The zero-order valence-corrected chi connectivity index (χ0v) is 9.37. The van der Waals surface area contributed by atoms with Gasteiger partial charge in [0.15, 0.2) is 0 Å². The number of fused-ring (bicyclic) bond motifs is 1. The van der Waals surface area contributed by atoms with Crippen LogP contribution < -0.4 is 5.32 Å². The average molecular weight is 226 g/mol. The highest BCUT2D eigenvalue weighted by atomic mass is 32.1. The van der Waals surface area contributed by atoms with E-state index in [-0.39, 0.29) is 0 Å². The van der Waals surface area contributed by atoms with Crippen LogP contribution in [0.15, 0.2) is 54.0 Å². The first-order valence-corrected chi connectivity index (χ1v) is 5.96. The quantitative estimate of drug-likeness (QED) is 0.713. The number of aromatic nitrogens is 1. The number of para-hydroxylation sites is 2. The van der Waals surface area contributed by atoms with E-state index < -0.39 is 0 Å².